The van der Waals surface area contributed by atoms with Crippen molar-refractivity contribution in [2.75, 3.05) is 0 Å². The third-order valence-corrected chi connectivity index (χ3v) is 4.42. The molecule has 3 aromatic rings. The lowest BCUT2D eigenvalue weighted by molar-refractivity contribution is 0.103. The topological polar surface area (TPSA) is 72.8 Å². The first-order valence-electron chi connectivity index (χ1n) is 7.59. The van der Waals surface area contributed by atoms with Gasteiger partial charge >= 0.3 is 11.4 Å². The van der Waals surface area contributed by atoms with Crippen LogP contribution in [0.25, 0.3) is 0 Å². The largest absolute Gasteiger partial charge is 0.457 e. The monoisotopic (exact) mass is 422 g/mol. The molecule has 0 aliphatic carbocycles. The Morgan fingerprint density at radius 2 is 1.41 bits per heavy atom. The van der Waals surface area contributed by atoms with Gasteiger partial charge in [-0.25, -0.2) is 0 Å². The zero-order chi connectivity index (χ0) is 19.4. The van der Waals surface area contributed by atoms with Crippen LogP contribution in [0.5, 0.6) is 17.2 Å². The molecule has 1 atom stereocenters. The molecule has 0 amide bonds. The summed E-state index contributed by atoms with van der Waals surface area (Å²) in [6.45, 7) is 0. The molecule has 0 radical (unpaired) electrons. The number of hydrogen-bond acceptors (Lipinski definition) is 4. The fourth-order valence-corrected chi connectivity index (χ4v) is 2.93. The highest BCUT2D eigenvalue weighted by atomic mass is 35.5. The maximum absolute atomic E-state index is 12.6. The molecule has 1 N–H and O–H groups in total. The number of ketones is 1. The van der Waals surface area contributed by atoms with Crippen molar-refractivity contribution in [2.45, 2.75) is 0 Å². The highest BCUT2D eigenvalue weighted by molar-refractivity contribution is 7.74. The normalized spacial score (nSPS) is 11.7. The van der Waals surface area contributed by atoms with E-state index in [1.807, 2.05) is 0 Å². The molecule has 3 aromatic carbocycles. The van der Waals surface area contributed by atoms with E-state index in [-0.39, 0.29) is 11.5 Å². The quantitative estimate of drug-likeness (QED) is 0.417. The second kappa shape index (κ2) is 8.54. The molecule has 27 heavy (non-hydrogen) atoms. The van der Waals surface area contributed by atoms with Crippen LogP contribution in [0.3, 0.4) is 0 Å². The van der Waals surface area contributed by atoms with Crippen LogP contribution < -0.4 is 8.92 Å². The summed E-state index contributed by atoms with van der Waals surface area (Å²) in [5, 5.41) is 0.760. The molecule has 138 valence electrons. The van der Waals surface area contributed by atoms with Gasteiger partial charge in [0.05, 0.1) is 5.02 Å². The van der Waals surface area contributed by atoms with E-state index in [4.69, 9.17) is 32.5 Å². The fraction of sp³-hybridized carbons (Fsp3) is 0. The van der Waals surface area contributed by atoms with Gasteiger partial charge < -0.3 is 8.92 Å². The van der Waals surface area contributed by atoms with Gasteiger partial charge in [-0.2, -0.15) is 4.21 Å². The predicted molar refractivity (Wildman–Crippen MR) is 104 cm³/mol. The standard InChI is InChI=1S/C19H12Cl2O5S/c20-13-3-10-18(21)17(11-13)19(22)12-1-4-14(5-2-12)25-15-6-8-16(9-7-15)26-27(23)24/h1-11H,(H,23,24). The molecule has 0 heterocycles. The van der Waals surface area contributed by atoms with Crippen LogP contribution in [0.4, 0.5) is 0 Å². The first kappa shape index (κ1) is 19.4. The van der Waals surface area contributed by atoms with E-state index in [1.165, 1.54) is 18.2 Å². The van der Waals surface area contributed by atoms with Gasteiger partial charge in [0.2, 0.25) is 0 Å². The van der Waals surface area contributed by atoms with E-state index in [1.54, 1.807) is 48.5 Å². The number of carbonyl (C=O) groups excluding carboxylic acids is 1. The molecule has 0 saturated carbocycles. The van der Waals surface area contributed by atoms with E-state index in [2.05, 4.69) is 4.18 Å². The Morgan fingerprint density at radius 3 is 2.00 bits per heavy atom. The average Bonchev–Trinajstić information content (AvgIpc) is 2.65. The van der Waals surface area contributed by atoms with Gasteiger partial charge in [0.1, 0.15) is 17.2 Å². The summed E-state index contributed by atoms with van der Waals surface area (Å²) in [4.78, 5) is 12.6. The number of rotatable bonds is 6. The molecule has 8 heteroatoms. The van der Waals surface area contributed by atoms with Crippen molar-refractivity contribution in [3.05, 3.63) is 87.9 Å². The zero-order valence-electron chi connectivity index (χ0n) is 13.6. The third-order valence-electron chi connectivity index (χ3n) is 3.52. The summed E-state index contributed by atoms with van der Waals surface area (Å²) < 4.78 is 29.6. The fourth-order valence-electron chi connectivity index (χ4n) is 2.28. The molecule has 0 bridgehead atoms. The Hall–Kier alpha value is -2.38. The molecule has 0 spiro atoms. The molecule has 0 fully saturated rings. The predicted octanol–water partition coefficient (Wildman–Crippen LogP) is 5.53. The maximum Gasteiger partial charge on any atom is 0.357 e. The highest BCUT2D eigenvalue weighted by Gasteiger charge is 2.13. The Kier molecular flexibility index (Phi) is 6.13. The van der Waals surface area contributed by atoms with Gasteiger partial charge in [0, 0.05) is 16.1 Å². The number of benzene rings is 3. The Labute approximate surface area is 167 Å². The van der Waals surface area contributed by atoms with Gasteiger partial charge in [-0.1, -0.05) is 23.2 Å². The average molecular weight is 423 g/mol. The van der Waals surface area contributed by atoms with Crippen molar-refractivity contribution in [2.24, 2.45) is 0 Å². The molecule has 5 nitrogen and oxygen atoms in total. The second-order valence-corrected chi connectivity index (χ2v) is 6.80. The van der Waals surface area contributed by atoms with Crippen molar-refractivity contribution in [3.63, 3.8) is 0 Å². The summed E-state index contributed by atoms with van der Waals surface area (Å²) >= 11 is 9.63. The number of ether oxygens (including phenoxy) is 1. The molecule has 0 aliphatic heterocycles. The van der Waals surface area contributed by atoms with E-state index in [0.717, 1.165) is 0 Å². The number of halogens is 2. The summed E-state index contributed by atoms with van der Waals surface area (Å²) in [5.41, 5.74) is 0.774. The number of hydrogen-bond donors (Lipinski definition) is 1. The minimum absolute atomic E-state index is 0.238. The van der Waals surface area contributed by atoms with Gasteiger partial charge in [0.15, 0.2) is 5.78 Å². The van der Waals surface area contributed by atoms with E-state index >= 15 is 0 Å². The van der Waals surface area contributed by atoms with Crippen LogP contribution in [0.2, 0.25) is 10.0 Å². The van der Waals surface area contributed by atoms with E-state index < -0.39 is 11.4 Å². The molecular weight excluding hydrogens is 411 g/mol. The molecule has 1 unspecified atom stereocenters. The van der Waals surface area contributed by atoms with Crippen LogP contribution in [0.1, 0.15) is 15.9 Å². The van der Waals surface area contributed by atoms with Crippen LogP contribution in [-0.2, 0) is 11.4 Å². The molecule has 0 aliphatic rings. The smallest absolute Gasteiger partial charge is 0.357 e. The van der Waals surface area contributed by atoms with Crippen LogP contribution in [0.15, 0.2) is 66.7 Å². The lowest BCUT2D eigenvalue weighted by atomic mass is 10.0. The molecule has 0 aromatic heterocycles. The van der Waals surface area contributed by atoms with Crippen LogP contribution in [-0.4, -0.2) is 14.5 Å². The lowest BCUT2D eigenvalue weighted by Crippen LogP contribution is -2.02. The molecule has 0 saturated heterocycles. The second-order valence-electron chi connectivity index (χ2n) is 5.35. The van der Waals surface area contributed by atoms with Crippen molar-refractivity contribution >= 4 is 40.3 Å². The lowest BCUT2D eigenvalue weighted by Gasteiger charge is -2.08. The van der Waals surface area contributed by atoms with Gasteiger partial charge in [-0.05, 0) is 66.7 Å². The Bertz CT molecular complexity index is 988. The summed E-state index contributed by atoms with van der Waals surface area (Å²) in [7, 11) is 0. The first-order chi connectivity index (χ1) is 12.9. The zero-order valence-corrected chi connectivity index (χ0v) is 15.9. The summed E-state index contributed by atoms with van der Waals surface area (Å²) in [5.74, 6) is 1.02. The van der Waals surface area contributed by atoms with Crippen LogP contribution in [0, 0.1) is 0 Å². The Balaban J connectivity index is 1.72. The van der Waals surface area contributed by atoms with Gasteiger partial charge in [-0.3, -0.25) is 9.35 Å². The van der Waals surface area contributed by atoms with Crippen molar-refractivity contribution in [1.82, 2.24) is 0 Å². The van der Waals surface area contributed by atoms with Crippen molar-refractivity contribution in [1.29, 1.82) is 0 Å². The van der Waals surface area contributed by atoms with Gasteiger partial charge in [-0.15, -0.1) is 0 Å². The first-order valence-corrected chi connectivity index (χ1v) is 9.38. The van der Waals surface area contributed by atoms with E-state index in [9.17, 15) is 9.00 Å². The van der Waals surface area contributed by atoms with Crippen LogP contribution >= 0.6 is 23.2 Å². The maximum atomic E-state index is 12.6. The van der Waals surface area contributed by atoms with Crippen molar-refractivity contribution < 1.29 is 22.5 Å². The summed E-state index contributed by atoms with van der Waals surface area (Å²) in [6, 6.07) is 17.5. The molecular formula is C19H12Cl2O5S. The number of carbonyl (C=O) groups is 1. The third kappa shape index (κ3) is 5.08. The minimum atomic E-state index is -2.38. The molecule has 3 rings (SSSR count). The minimum Gasteiger partial charge on any atom is -0.457 e. The van der Waals surface area contributed by atoms with Crippen molar-refractivity contribution in [3.8, 4) is 17.2 Å². The summed E-state index contributed by atoms with van der Waals surface area (Å²) in [6.07, 6.45) is 0. The highest BCUT2D eigenvalue weighted by Crippen LogP contribution is 2.27. The Morgan fingerprint density at radius 1 is 0.852 bits per heavy atom. The van der Waals surface area contributed by atoms with Gasteiger partial charge in [0.25, 0.3) is 0 Å². The van der Waals surface area contributed by atoms with E-state index in [0.29, 0.717) is 32.7 Å². The SMILES string of the molecule is O=C(c1ccc(Oc2ccc(OS(=O)O)cc2)cc1)c1cc(Cl)ccc1Cl.